The lowest BCUT2D eigenvalue weighted by molar-refractivity contribution is -0.131. The highest BCUT2D eigenvalue weighted by atomic mass is 35.5. The van der Waals surface area contributed by atoms with E-state index >= 15 is 0 Å². The molecule has 1 unspecified atom stereocenters. The third-order valence-electron chi connectivity index (χ3n) is 2.89. The van der Waals surface area contributed by atoms with Crippen LogP contribution < -0.4 is 5.32 Å². The number of hydrogen-bond acceptors (Lipinski definition) is 4. The summed E-state index contributed by atoms with van der Waals surface area (Å²) in [5.41, 5.74) is 1.50. The number of hydrogen-bond donors (Lipinski definition) is 1. The minimum atomic E-state index is -0.366. The van der Waals surface area contributed by atoms with E-state index in [2.05, 4.69) is 10.4 Å². The molecular formula is C11H16ClN3O2. The first kappa shape index (κ1) is 12.5. The van der Waals surface area contributed by atoms with Gasteiger partial charge in [-0.2, -0.15) is 5.10 Å². The van der Waals surface area contributed by atoms with Gasteiger partial charge in [-0.15, -0.1) is 0 Å². The molecule has 1 fully saturated rings. The number of morpholine rings is 1. The maximum atomic E-state index is 12.0. The van der Waals surface area contributed by atoms with Gasteiger partial charge in [0.05, 0.1) is 29.4 Å². The molecule has 0 bridgehead atoms. The molecule has 0 radical (unpaired) electrons. The van der Waals surface area contributed by atoms with E-state index in [1.807, 2.05) is 6.92 Å². The van der Waals surface area contributed by atoms with Crippen molar-refractivity contribution < 1.29 is 9.53 Å². The van der Waals surface area contributed by atoms with Gasteiger partial charge in [0.2, 0.25) is 0 Å². The molecule has 94 valence electrons. The Balaban J connectivity index is 2.07. The van der Waals surface area contributed by atoms with E-state index in [-0.39, 0.29) is 18.3 Å². The molecule has 0 saturated carbocycles. The largest absolute Gasteiger partial charge is 0.368 e. The van der Waals surface area contributed by atoms with Crippen LogP contribution in [0.15, 0.2) is 0 Å². The third kappa shape index (κ3) is 2.68. The van der Waals surface area contributed by atoms with Crippen molar-refractivity contribution >= 4 is 17.4 Å². The fourth-order valence-electron chi connectivity index (χ4n) is 1.92. The van der Waals surface area contributed by atoms with Gasteiger partial charge < -0.3 is 10.1 Å². The predicted octanol–water partition coefficient (Wildman–Crippen LogP) is 0.482. The summed E-state index contributed by atoms with van der Waals surface area (Å²) in [5, 5.41) is 7.89. The van der Waals surface area contributed by atoms with Crippen molar-refractivity contribution in [3.8, 4) is 0 Å². The molecule has 2 heterocycles. The summed E-state index contributed by atoms with van der Waals surface area (Å²) in [5.74, 6) is 0.0436. The van der Waals surface area contributed by atoms with Gasteiger partial charge in [0, 0.05) is 20.1 Å². The zero-order valence-electron chi connectivity index (χ0n) is 9.99. The van der Waals surface area contributed by atoms with E-state index in [1.165, 1.54) is 0 Å². The Labute approximate surface area is 105 Å². The topological polar surface area (TPSA) is 56.2 Å². The van der Waals surface area contributed by atoms with Gasteiger partial charge in [0.1, 0.15) is 6.10 Å². The van der Waals surface area contributed by atoms with Crippen LogP contribution in [-0.4, -0.2) is 41.4 Å². The standard InChI is InChI=1S/C11H16ClN3O2/c1-7-11(12)8(15(2)14-7)5-9(16)10-6-13-3-4-17-10/h10,13H,3-6H2,1-2H3. The summed E-state index contributed by atoms with van der Waals surface area (Å²) in [4.78, 5) is 12.0. The highest BCUT2D eigenvalue weighted by Crippen LogP contribution is 2.20. The van der Waals surface area contributed by atoms with E-state index in [0.717, 1.165) is 17.9 Å². The SMILES string of the molecule is Cc1nn(C)c(CC(=O)C2CNCCO2)c1Cl. The van der Waals surface area contributed by atoms with Gasteiger partial charge in [0.15, 0.2) is 5.78 Å². The van der Waals surface area contributed by atoms with Crippen molar-refractivity contribution in [2.24, 2.45) is 7.05 Å². The monoisotopic (exact) mass is 257 g/mol. The summed E-state index contributed by atoms with van der Waals surface area (Å²) < 4.78 is 7.07. The molecule has 1 atom stereocenters. The van der Waals surface area contributed by atoms with Gasteiger partial charge >= 0.3 is 0 Å². The zero-order chi connectivity index (χ0) is 12.4. The average molecular weight is 258 g/mol. The van der Waals surface area contributed by atoms with Crippen LogP contribution in [0.2, 0.25) is 5.02 Å². The number of carbonyl (C=O) groups is 1. The van der Waals surface area contributed by atoms with Crippen LogP contribution in [0.3, 0.4) is 0 Å². The number of aryl methyl sites for hydroxylation is 2. The Hall–Kier alpha value is -0.910. The van der Waals surface area contributed by atoms with E-state index in [0.29, 0.717) is 18.2 Å². The maximum Gasteiger partial charge on any atom is 0.168 e. The minimum Gasteiger partial charge on any atom is -0.368 e. The summed E-state index contributed by atoms with van der Waals surface area (Å²) >= 11 is 6.11. The van der Waals surface area contributed by atoms with Crippen LogP contribution in [0.1, 0.15) is 11.4 Å². The second kappa shape index (κ2) is 5.16. The molecule has 0 aliphatic carbocycles. The fourth-order valence-corrected chi connectivity index (χ4v) is 2.15. The molecule has 1 saturated heterocycles. The van der Waals surface area contributed by atoms with Crippen molar-refractivity contribution in [2.75, 3.05) is 19.7 Å². The van der Waals surface area contributed by atoms with Gasteiger partial charge in [-0.1, -0.05) is 11.6 Å². The molecule has 1 aromatic rings. The summed E-state index contributed by atoms with van der Waals surface area (Å²) in [6, 6.07) is 0. The number of Topliss-reactive ketones (excluding diaryl/α,β-unsaturated/α-hetero) is 1. The molecule has 5 nitrogen and oxygen atoms in total. The average Bonchev–Trinajstić information content (AvgIpc) is 2.57. The molecule has 0 amide bonds. The highest BCUT2D eigenvalue weighted by Gasteiger charge is 2.24. The normalized spacial score (nSPS) is 20.5. The van der Waals surface area contributed by atoms with E-state index in [4.69, 9.17) is 16.3 Å². The van der Waals surface area contributed by atoms with Crippen LogP contribution in [0.25, 0.3) is 0 Å². The number of aromatic nitrogens is 2. The van der Waals surface area contributed by atoms with Crippen LogP contribution in [0.4, 0.5) is 0 Å². The second-order valence-electron chi connectivity index (χ2n) is 4.18. The Morgan fingerprint density at radius 3 is 3.00 bits per heavy atom. The fraction of sp³-hybridized carbons (Fsp3) is 0.636. The van der Waals surface area contributed by atoms with Crippen molar-refractivity contribution in [2.45, 2.75) is 19.4 Å². The zero-order valence-corrected chi connectivity index (χ0v) is 10.8. The van der Waals surface area contributed by atoms with Gasteiger partial charge in [0.25, 0.3) is 0 Å². The Morgan fingerprint density at radius 2 is 2.47 bits per heavy atom. The lowest BCUT2D eigenvalue weighted by Crippen LogP contribution is -2.43. The molecule has 1 aromatic heterocycles. The minimum absolute atomic E-state index is 0.0436. The number of nitrogens with zero attached hydrogens (tertiary/aromatic N) is 2. The summed E-state index contributed by atoms with van der Waals surface area (Å²) in [7, 11) is 1.79. The molecule has 1 aliphatic rings. The van der Waals surface area contributed by atoms with Crippen molar-refractivity contribution in [3.05, 3.63) is 16.4 Å². The number of ether oxygens (including phenoxy) is 1. The number of ketones is 1. The van der Waals surface area contributed by atoms with E-state index in [1.54, 1.807) is 11.7 Å². The lowest BCUT2D eigenvalue weighted by Gasteiger charge is -2.22. The van der Waals surface area contributed by atoms with Crippen LogP contribution in [0.5, 0.6) is 0 Å². The van der Waals surface area contributed by atoms with Crippen LogP contribution in [0, 0.1) is 6.92 Å². The van der Waals surface area contributed by atoms with Crippen molar-refractivity contribution in [1.82, 2.24) is 15.1 Å². The molecule has 6 heteroatoms. The van der Waals surface area contributed by atoms with Gasteiger partial charge in [-0.3, -0.25) is 9.48 Å². The van der Waals surface area contributed by atoms with Gasteiger partial charge in [-0.25, -0.2) is 0 Å². The predicted molar refractivity (Wildman–Crippen MR) is 64.3 cm³/mol. The molecule has 1 N–H and O–H groups in total. The molecule has 0 spiro atoms. The number of carbonyl (C=O) groups excluding carboxylic acids is 1. The first-order valence-corrected chi connectivity index (χ1v) is 6.00. The van der Waals surface area contributed by atoms with Crippen LogP contribution in [-0.2, 0) is 23.0 Å². The Morgan fingerprint density at radius 1 is 1.71 bits per heavy atom. The molecular weight excluding hydrogens is 242 g/mol. The molecule has 0 aromatic carbocycles. The number of halogens is 1. The molecule has 2 rings (SSSR count). The third-order valence-corrected chi connectivity index (χ3v) is 3.38. The highest BCUT2D eigenvalue weighted by molar-refractivity contribution is 6.32. The smallest absolute Gasteiger partial charge is 0.168 e. The van der Waals surface area contributed by atoms with E-state index < -0.39 is 0 Å². The van der Waals surface area contributed by atoms with Gasteiger partial charge in [-0.05, 0) is 6.92 Å². The quantitative estimate of drug-likeness (QED) is 0.856. The Kier molecular flexibility index (Phi) is 3.81. The lowest BCUT2D eigenvalue weighted by atomic mass is 10.1. The second-order valence-corrected chi connectivity index (χ2v) is 4.55. The molecule has 1 aliphatic heterocycles. The van der Waals surface area contributed by atoms with Crippen molar-refractivity contribution in [3.63, 3.8) is 0 Å². The first-order valence-electron chi connectivity index (χ1n) is 5.62. The number of nitrogens with one attached hydrogen (secondary N) is 1. The summed E-state index contributed by atoms with van der Waals surface area (Å²) in [6.45, 7) is 3.78. The maximum absolute atomic E-state index is 12.0. The van der Waals surface area contributed by atoms with Crippen LogP contribution >= 0.6 is 11.6 Å². The van der Waals surface area contributed by atoms with Crippen molar-refractivity contribution in [1.29, 1.82) is 0 Å². The Bertz CT molecular complexity index is 425. The summed E-state index contributed by atoms with van der Waals surface area (Å²) in [6.07, 6.45) is -0.0993. The molecule has 17 heavy (non-hydrogen) atoms. The van der Waals surface area contributed by atoms with E-state index in [9.17, 15) is 4.79 Å². The first-order chi connectivity index (χ1) is 8.09. The number of rotatable bonds is 3.